The van der Waals surface area contributed by atoms with Gasteiger partial charge in [-0.25, -0.2) is 4.98 Å². The minimum atomic E-state index is -0.172. The fourth-order valence-corrected chi connectivity index (χ4v) is 2.17. The van der Waals surface area contributed by atoms with Crippen molar-refractivity contribution in [1.82, 2.24) is 25.3 Å². The topological polar surface area (TPSA) is 98.7 Å². The Bertz CT molecular complexity index is 494. The Morgan fingerprint density at radius 2 is 2.44 bits per heavy atom. The molecule has 0 unspecified atom stereocenters. The molecule has 18 heavy (non-hydrogen) atoms. The largest absolute Gasteiger partial charge is 0.349 e. The van der Waals surface area contributed by atoms with E-state index in [1.165, 1.54) is 11.3 Å². The maximum atomic E-state index is 11.7. The fraction of sp³-hybridized carbons (Fsp3) is 0.400. The Morgan fingerprint density at radius 1 is 1.56 bits per heavy atom. The van der Waals surface area contributed by atoms with Crippen LogP contribution in [-0.2, 0) is 13.0 Å². The molecule has 0 radical (unpaired) electrons. The summed E-state index contributed by atoms with van der Waals surface area (Å²) in [6.45, 7) is 1.62. The predicted octanol–water partition coefficient (Wildman–Crippen LogP) is -0.334. The van der Waals surface area contributed by atoms with Crippen LogP contribution in [0.4, 0.5) is 0 Å². The van der Waals surface area contributed by atoms with Crippen LogP contribution < -0.4 is 11.1 Å². The molecule has 0 aliphatic carbocycles. The third kappa shape index (κ3) is 3.34. The summed E-state index contributed by atoms with van der Waals surface area (Å²) in [6.07, 6.45) is 4.05. The number of amides is 1. The monoisotopic (exact) mass is 266 g/mol. The standard InChI is InChI=1S/C10H14N6OS/c11-2-1-9-14-8(7-18-9)10(17)12-3-5-16-6-4-13-15-16/h4,6-7H,1-3,5,11H2,(H,12,17). The van der Waals surface area contributed by atoms with Gasteiger partial charge in [0.2, 0.25) is 0 Å². The molecule has 2 aromatic heterocycles. The van der Waals surface area contributed by atoms with Gasteiger partial charge in [0.1, 0.15) is 5.69 Å². The Hall–Kier alpha value is -1.80. The van der Waals surface area contributed by atoms with Gasteiger partial charge in [0.15, 0.2) is 0 Å². The summed E-state index contributed by atoms with van der Waals surface area (Å²) in [7, 11) is 0. The number of hydrogen-bond donors (Lipinski definition) is 2. The van der Waals surface area contributed by atoms with Crippen LogP contribution in [0.3, 0.4) is 0 Å². The van der Waals surface area contributed by atoms with Gasteiger partial charge in [-0.05, 0) is 6.54 Å². The van der Waals surface area contributed by atoms with E-state index in [9.17, 15) is 4.79 Å². The van der Waals surface area contributed by atoms with E-state index < -0.39 is 0 Å². The van der Waals surface area contributed by atoms with E-state index in [2.05, 4.69) is 20.6 Å². The highest BCUT2D eigenvalue weighted by Crippen LogP contribution is 2.09. The van der Waals surface area contributed by atoms with E-state index in [0.717, 1.165) is 5.01 Å². The Morgan fingerprint density at radius 3 is 3.17 bits per heavy atom. The van der Waals surface area contributed by atoms with Gasteiger partial charge >= 0.3 is 0 Å². The highest BCUT2D eigenvalue weighted by Gasteiger charge is 2.09. The lowest BCUT2D eigenvalue weighted by Gasteiger charge is -2.02. The second-order valence-electron chi connectivity index (χ2n) is 3.59. The molecule has 8 heteroatoms. The van der Waals surface area contributed by atoms with Crippen molar-refractivity contribution >= 4 is 17.2 Å². The first-order valence-corrected chi connectivity index (χ1v) is 6.44. The molecular formula is C10H14N6OS. The minimum Gasteiger partial charge on any atom is -0.349 e. The number of rotatable bonds is 6. The molecule has 7 nitrogen and oxygen atoms in total. The molecule has 0 atom stereocenters. The first-order valence-electron chi connectivity index (χ1n) is 5.56. The number of carbonyl (C=O) groups excluding carboxylic acids is 1. The van der Waals surface area contributed by atoms with E-state index in [1.807, 2.05) is 0 Å². The lowest BCUT2D eigenvalue weighted by molar-refractivity contribution is 0.0947. The number of nitrogens with two attached hydrogens (primary N) is 1. The zero-order chi connectivity index (χ0) is 12.8. The molecule has 2 rings (SSSR count). The Balaban J connectivity index is 1.80. The summed E-state index contributed by atoms with van der Waals surface area (Å²) < 4.78 is 1.65. The highest BCUT2D eigenvalue weighted by atomic mass is 32.1. The summed E-state index contributed by atoms with van der Waals surface area (Å²) in [5.74, 6) is -0.172. The number of nitrogens with one attached hydrogen (secondary N) is 1. The van der Waals surface area contributed by atoms with Crippen molar-refractivity contribution in [3.8, 4) is 0 Å². The van der Waals surface area contributed by atoms with Crippen LogP contribution in [0.15, 0.2) is 17.8 Å². The van der Waals surface area contributed by atoms with E-state index >= 15 is 0 Å². The molecule has 0 saturated heterocycles. The first kappa shape index (κ1) is 12.7. The number of hydrogen-bond acceptors (Lipinski definition) is 6. The SMILES string of the molecule is NCCc1nc(C(=O)NCCn2ccnn2)cs1. The van der Waals surface area contributed by atoms with Gasteiger partial charge in [0.05, 0.1) is 17.7 Å². The third-order valence-electron chi connectivity index (χ3n) is 2.24. The van der Waals surface area contributed by atoms with Gasteiger partial charge in [0.25, 0.3) is 5.91 Å². The van der Waals surface area contributed by atoms with Gasteiger partial charge in [-0.3, -0.25) is 9.48 Å². The van der Waals surface area contributed by atoms with Gasteiger partial charge in [-0.2, -0.15) is 0 Å². The minimum absolute atomic E-state index is 0.172. The van der Waals surface area contributed by atoms with Gasteiger partial charge in [-0.1, -0.05) is 5.21 Å². The average Bonchev–Trinajstić information content (AvgIpc) is 3.00. The predicted molar refractivity (Wildman–Crippen MR) is 67.2 cm³/mol. The summed E-state index contributed by atoms with van der Waals surface area (Å²) in [6, 6.07) is 0. The zero-order valence-corrected chi connectivity index (χ0v) is 10.6. The lowest BCUT2D eigenvalue weighted by Crippen LogP contribution is -2.27. The van der Waals surface area contributed by atoms with E-state index in [4.69, 9.17) is 5.73 Å². The smallest absolute Gasteiger partial charge is 0.270 e. The van der Waals surface area contributed by atoms with Crippen LogP contribution in [0.25, 0.3) is 0 Å². The van der Waals surface area contributed by atoms with Crippen molar-refractivity contribution in [3.63, 3.8) is 0 Å². The van der Waals surface area contributed by atoms with Crippen molar-refractivity contribution in [2.24, 2.45) is 5.73 Å². The number of carbonyl (C=O) groups is 1. The molecule has 1 amide bonds. The molecule has 3 N–H and O–H groups in total. The van der Waals surface area contributed by atoms with Crippen LogP contribution in [0.1, 0.15) is 15.5 Å². The van der Waals surface area contributed by atoms with Crippen molar-refractivity contribution in [1.29, 1.82) is 0 Å². The number of thiazole rings is 1. The van der Waals surface area contributed by atoms with Gasteiger partial charge in [0, 0.05) is 24.5 Å². The highest BCUT2D eigenvalue weighted by molar-refractivity contribution is 7.09. The van der Waals surface area contributed by atoms with Crippen LogP contribution >= 0.6 is 11.3 Å². The van der Waals surface area contributed by atoms with E-state index in [0.29, 0.717) is 31.7 Å². The first-order chi connectivity index (χ1) is 8.79. The van der Waals surface area contributed by atoms with Gasteiger partial charge in [-0.15, -0.1) is 16.4 Å². The molecule has 0 aliphatic rings. The van der Waals surface area contributed by atoms with Crippen molar-refractivity contribution in [2.45, 2.75) is 13.0 Å². The molecule has 2 heterocycles. The second-order valence-corrected chi connectivity index (χ2v) is 4.53. The number of aromatic nitrogens is 4. The molecule has 2 aromatic rings. The molecule has 0 aromatic carbocycles. The summed E-state index contributed by atoms with van der Waals surface area (Å²) >= 11 is 1.45. The van der Waals surface area contributed by atoms with E-state index in [-0.39, 0.29) is 5.91 Å². The molecule has 0 aliphatic heterocycles. The second kappa shape index (κ2) is 6.22. The summed E-state index contributed by atoms with van der Waals surface area (Å²) in [5.41, 5.74) is 5.88. The zero-order valence-electron chi connectivity index (χ0n) is 9.74. The fourth-order valence-electron chi connectivity index (χ4n) is 1.38. The van der Waals surface area contributed by atoms with Crippen LogP contribution in [-0.4, -0.2) is 39.0 Å². The normalized spacial score (nSPS) is 10.5. The molecule has 0 spiro atoms. The molecule has 0 fully saturated rings. The lowest BCUT2D eigenvalue weighted by atomic mass is 10.4. The van der Waals surface area contributed by atoms with Crippen LogP contribution in [0, 0.1) is 0 Å². The molecule has 0 saturated carbocycles. The molecular weight excluding hydrogens is 252 g/mol. The van der Waals surface area contributed by atoms with Crippen molar-refractivity contribution in [2.75, 3.05) is 13.1 Å². The summed E-state index contributed by atoms with van der Waals surface area (Å²) in [4.78, 5) is 16.0. The van der Waals surface area contributed by atoms with E-state index in [1.54, 1.807) is 22.5 Å². The summed E-state index contributed by atoms with van der Waals surface area (Å²) in [5, 5.41) is 12.9. The third-order valence-corrected chi connectivity index (χ3v) is 3.15. The number of nitrogens with zero attached hydrogens (tertiary/aromatic N) is 4. The maximum Gasteiger partial charge on any atom is 0.270 e. The molecule has 96 valence electrons. The van der Waals surface area contributed by atoms with Crippen LogP contribution in [0.2, 0.25) is 0 Å². The van der Waals surface area contributed by atoms with Crippen LogP contribution in [0.5, 0.6) is 0 Å². The van der Waals surface area contributed by atoms with Crippen molar-refractivity contribution in [3.05, 3.63) is 28.5 Å². The van der Waals surface area contributed by atoms with Crippen molar-refractivity contribution < 1.29 is 4.79 Å². The maximum absolute atomic E-state index is 11.7. The van der Waals surface area contributed by atoms with Gasteiger partial charge < -0.3 is 11.1 Å². The Kier molecular flexibility index (Phi) is 4.37. The molecule has 0 bridgehead atoms. The average molecular weight is 266 g/mol. The quantitative estimate of drug-likeness (QED) is 0.745. The Labute approximate surface area is 108 Å².